The zero-order valence-corrected chi connectivity index (χ0v) is 10.9. The molecule has 5 heteroatoms. The summed E-state index contributed by atoms with van der Waals surface area (Å²) in [5.41, 5.74) is 0. The molecule has 0 bridgehead atoms. The summed E-state index contributed by atoms with van der Waals surface area (Å²) in [5.74, 6) is 2.19. The Kier molecular flexibility index (Phi) is 3.61. The normalized spacial score (nSPS) is 31.5. The molecule has 1 aliphatic carbocycles. The van der Waals surface area contributed by atoms with Crippen LogP contribution in [0.2, 0.25) is 0 Å². The molecule has 3 unspecified atom stereocenters. The van der Waals surface area contributed by atoms with Crippen molar-refractivity contribution in [2.45, 2.75) is 57.7 Å². The van der Waals surface area contributed by atoms with Gasteiger partial charge in [0.25, 0.3) is 0 Å². The standard InChI is InChI=1S/C13H21N3O2/c1-2-17-8-12-15-13(18-16-12)11-7-9-5-3-4-6-10(9)14-11/h9-11,14H,2-8H2,1H3. The van der Waals surface area contributed by atoms with E-state index in [1.54, 1.807) is 0 Å². The molecule has 3 atom stereocenters. The van der Waals surface area contributed by atoms with Gasteiger partial charge in [0.05, 0.1) is 6.04 Å². The highest BCUT2D eigenvalue weighted by molar-refractivity contribution is 5.01. The lowest BCUT2D eigenvalue weighted by atomic mass is 9.85. The largest absolute Gasteiger partial charge is 0.374 e. The summed E-state index contributed by atoms with van der Waals surface area (Å²) >= 11 is 0. The molecule has 2 aliphatic rings. The first-order valence-corrected chi connectivity index (χ1v) is 7.03. The second-order valence-corrected chi connectivity index (χ2v) is 5.29. The van der Waals surface area contributed by atoms with Gasteiger partial charge in [-0.3, -0.25) is 0 Å². The highest BCUT2D eigenvalue weighted by atomic mass is 16.5. The number of nitrogens with zero attached hydrogens (tertiary/aromatic N) is 2. The SMILES string of the molecule is CCOCc1noc(C2CC3CCCCC3N2)n1. The van der Waals surface area contributed by atoms with Gasteiger partial charge in [-0.2, -0.15) is 4.98 Å². The Morgan fingerprint density at radius 3 is 3.11 bits per heavy atom. The fraction of sp³-hybridized carbons (Fsp3) is 0.846. The maximum Gasteiger partial charge on any atom is 0.243 e. The van der Waals surface area contributed by atoms with E-state index in [2.05, 4.69) is 15.5 Å². The van der Waals surface area contributed by atoms with Crippen LogP contribution in [-0.2, 0) is 11.3 Å². The minimum atomic E-state index is 0.251. The molecule has 1 aliphatic heterocycles. The van der Waals surface area contributed by atoms with E-state index in [1.165, 1.54) is 25.7 Å². The molecular weight excluding hydrogens is 230 g/mol. The van der Waals surface area contributed by atoms with Crippen LogP contribution in [0.25, 0.3) is 0 Å². The second-order valence-electron chi connectivity index (χ2n) is 5.29. The number of hydrogen-bond donors (Lipinski definition) is 1. The van der Waals surface area contributed by atoms with Crippen LogP contribution in [0.15, 0.2) is 4.52 Å². The smallest absolute Gasteiger partial charge is 0.243 e. The van der Waals surface area contributed by atoms with E-state index >= 15 is 0 Å². The maximum absolute atomic E-state index is 5.35. The summed E-state index contributed by atoms with van der Waals surface area (Å²) in [6.45, 7) is 3.08. The van der Waals surface area contributed by atoms with Crippen LogP contribution < -0.4 is 5.32 Å². The molecule has 1 aromatic heterocycles. The molecule has 18 heavy (non-hydrogen) atoms. The Hall–Kier alpha value is -0.940. The summed E-state index contributed by atoms with van der Waals surface area (Å²) < 4.78 is 10.6. The minimum Gasteiger partial charge on any atom is -0.374 e. The molecule has 1 N–H and O–H groups in total. The molecule has 0 radical (unpaired) electrons. The number of rotatable bonds is 4. The van der Waals surface area contributed by atoms with Crippen LogP contribution in [-0.4, -0.2) is 22.8 Å². The molecular formula is C13H21N3O2. The molecule has 2 fully saturated rings. The van der Waals surface area contributed by atoms with Gasteiger partial charge >= 0.3 is 0 Å². The Bertz CT molecular complexity index is 379. The quantitative estimate of drug-likeness (QED) is 0.889. The van der Waals surface area contributed by atoms with E-state index < -0.39 is 0 Å². The predicted octanol–water partition coefficient (Wildman–Crippen LogP) is 2.20. The van der Waals surface area contributed by atoms with Gasteiger partial charge in [-0.15, -0.1) is 0 Å². The van der Waals surface area contributed by atoms with Gasteiger partial charge < -0.3 is 14.6 Å². The highest BCUT2D eigenvalue weighted by Crippen LogP contribution is 2.38. The summed E-state index contributed by atoms with van der Waals surface area (Å²) in [6, 6.07) is 0.909. The monoisotopic (exact) mass is 251 g/mol. The number of ether oxygens (including phenoxy) is 1. The molecule has 0 spiro atoms. The van der Waals surface area contributed by atoms with E-state index in [-0.39, 0.29) is 6.04 Å². The van der Waals surface area contributed by atoms with Crippen molar-refractivity contribution in [1.82, 2.24) is 15.5 Å². The number of fused-ring (bicyclic) bond motifs is 1. The van der Waals surface area contributed by atoms with Crippen molar-refractivity contribution < 1.29 is 9.26 Å². The van der Waals surface area contributed by atoms with Crippen molar-refractivity contribution in [1.29, 1.82) is 0 Å². The number of hydrogen-bond acceptors (Lipinski definition) is 5. The van der Waals surface area contributed by atoms with E-state index in [0.717, 1.165) is 18.2 Å². The van der Waals surface area contributed by atoms with Gasteiger partial charge in [0.2, 0.25) is 5.89 Å². The highest BCUT2D eigenvalue weighted by Gasteiger charge is 2.38. The van der Waals surface area contributed by atoms with E-state index in [0.29, 0.717) is 25.1 Å². The lowest BCUT2D eigenvalue weighted by Crippen LogP contribution is -2.30. The maximum atomic E-state index is 5.35. The third-order valence-corrected chi connectivity index (χ3v) is 4.08. The van der Waals surface area contributed by atoms with Gasteiger partial charge in [-0.25, -0.2) is 0 Å². The van der Waals surface area contributed by atoms with Gasteiger partial charge in [0, 0.05) is 12.6 Å². The fourth-order valence-corrected chi connectivity index (χ4v) is 3.17. The topological polar surface area (TPSA) is 60.2 Å². The van der Waals surface area contributed by atoms with E-state index in [4.69, 9.17) is 9.26 Å². The third kappa shape index (κ3) is 2.42. The van der Waals surface area contributed by atoms with Crippen LogP contribution in [0.3, 0.4) is 0 Å². The first-order valence-electron chi connectivity index (χ1n) is 7.03. The summed E-state index contributed by atoms with van der Waals surface area (Å²) in [4.78, 5) is 4.42. The first-order chi connectivity index (χ1) is 8.86. The number of aromatic nitrogens is 2. The first kappa shape index (κ1) is 12.1. The second kappa shape index (κ2) is 5.36. The van der Waals surface area contributed by atoms with Gasteiger partial charge in [0.15, 0.2) is 5.82 Å². The van der Waals surface area contributed by atoms with Crippen molar-refractivity contribution in [2.75, 3.05) is 6.61 Å². The molecule has 0 amide bonds. The molecule has 1 saturated carbocycles. The van der Waals surface area contributed by atoms with Crippen LogP contribution >= 0.6 is 0 Å². The zero-order valence-electron chi connectivity index (χ0n) is 10.9. The lowest BCUT2D eigenvalue weighted by Gasteiger charge is -2.24. The summed E-state index contributed by atoms with van der Waals surface area (Å²) in [6.07, 6.45) is 6.49. The predicted molar refractivity (Wildman–Crippen MR) is 65.9 cm³/mol. The Morgan fingerprint density at radius 1 is 1.39 bits per heavy atom. The van der Waals surface area contributed by atoms with Gasteiger partial charge in [0.1, 0.15) is 6.61 Å². The van der Waals surface area contributed by atoms with Gasteiger partial charge in [-0.1, -0.05) is 18.0 Å². The third-order valence-electron chi connectivity index (χ3n) is 4.08. The average Bonchev–Trinajstić information content (AvgIpc) is 3.02. The average molecular weight is 251 g/mol. The molecule has 0 aromatic carbocycles. The Morgan fingerprint density at radius 2 is 2.28 bits per heavy atom. The van der Waals surface area contributed by atoms with Crippen LogP contribution in [0.4, 0.5) is 0 Å². The Labute approximate surface area is 107 Å². The van der Waals surface area contributed by atoms with Crippen molar-refractivity contribution >= 4 is 0 Å². The van der Waals surface area contributed by atoms with E-state index in [1.807, 2.05) is 6.92 Å². The van der Waals surface area contributed by atoms with Crippen molar-refractivity contribution in [3.8, 4) is 0 Å². The molecule has 1 saturated heterocycles. The molecule has 5 nitrogen and oxygen atoms in total. The molecule has 1 aromatic rings. The van der Waals surface area contributed by atoms with Crippen LogP contribution in [0, 0.1) is 5.92 Å². The molecule has 100 valence electrons. The summed E-state index contributed by atoms with van der Waals surface area (Å²) in [7, 11) is 0. The summed E-state index contributed by atoms with van der Waals surface area (Å²) in [5, 5.41) is 7.61. The fourth-order valence-electron chi connectivity index (χ4n) is 3.17. The van der Waals surface area contributed by atoms with Crippen LogP contribution in [0.1, 0.15) is 56.8 Å². The van der Waals surface area contributed by atoms with Crippen molar-refractivity contribution in [2.24, 2.45) is 5.92 Å². The molecule has 2 heterocycles. The molecule has 3 rings (SSSR count). The van der Waals surface area contributed by atoms with Gasteiger partial charge in [-0.05, 0) is 32.1 Å². The van der Waals surface area contributed by atoms with Crippen molar-refractivity contribution in [3.05, 3.63) is 11.7 Å². The lowest BCUT2D eigenvalue weighted by molar-refractivity contribution is 0.126. The van der Waals surface area contributed by atoms with Crippen molar-refractivity contribution in [3.63, 3.8) is 0 Å². The van der Waals surface area contributed by atoms with E-state index in [9.17, 15) is 0 Å². The van der Waals surface area contributed by atoms with Crippen LogP contribution in [0.5, 0.6) is 0 Å². The minimum absolute atomic E-state index is 0.251. The zero-order chi connectivity index (χ0) is 12.4. The number of nitrogens with one attached hydrogen (secondary N) is 1. The Balaban J connectivity index is 1.63.